The van der Waals surface area contributed by atoms with Crippen LogP contribution in [0.3, 0.4) is 0 Å². The van der Waals surface area contributed by atoms with E-state index in [0.717, 1.165) is 36.1 Å². The number of rotatable bonds is 6. The normalized spacial score (nSPS) is 19.9. The average molecular weight is 383 g/mol. The number of aryl methyl sites for hydroxylation is 1. The Kier molecular flexibility index (Phi) is 5.07. The zero-order valence-electron chi connectivity index (χ0n) is 16.5. The van der Waals surface area contributed by atoms with Crippen molar-refractivity contribution in [2.45, 2.75) is 44.2 Å². The molecule has 2 aliphatic rings. The first-order valence-corrected chi connectivity index (χ1v) is 9.55. The summed E-state index contributed by atoms with van der Waals surface area (Å²) in [6, 6.07) is 4.13. The van der Waals surface area contributed by atoms with Crippen LogP contribution in [-0.2, 0) is 17.6 Å². The van der Waals surface area contributed by atoms with Gasteiger partial charge in [-0.25, -0.2) is 9.97 Å². The second kappa shape index (κ2) is 7.66. The van der Waals surface area contributed by atoms with Gasteiger partial charge in [-0.1, -0.05) is 6.07 Å². The smallest absolute Gasteiger partial charge is 0.223 e. The van der Waals surface area contributed by atoms with E-state index in [1.165, 1.54) is 0 Å². The highest BCUT2D eigenvalue weighted by molar-refractivity contribution is 5.78. The fraction of sp³-hybridized carbons (Fsp3) is 0.476. The zero-order valence-corrected chi connectivity index (χ0v) is 16.5. The molecule has 0 spiro atoms. The minimum absolute atomic E-state index is 0.106. The van der Waals surface area contributed by atoms with E-state index in [1.807, 2.05) is 18.3 Å². The first-order valence-electron chi connectivity index (χ1n) is 9.55. The van der Waals surface area contributed by atoms with Crippen LogP contribution in [0.5, 0.6) is 17.2 Å². The molecule has 7 nitrogen and oxygen atoms in total. The van der Waals surface area contributed by atoms with E-state index in [-0.39, 0.29) is 18.0 Å². The molecule has 28 heavy (non-hydrogen) atoms. The Labute approximate surface area is 164 Å². The van der Waals surface area contributed by atoms with E-state index in [2.05, 4.69) is 14.9 Å². The fourth-order valence-electron chi connectivity index (χ4n) is 4.53. The molecule has 3 heterocycles. The van der Waals surface area contributed by atoms with Crippen LogP contribution >= 0.6 is 0 Å². The number of amides is 1. The van der Waals surface area contributed by atoms with Gasteiger partial charge in [0.2, 0.25) is 11.7 Å². The summed E-state index contributed by atoms with van der Waals surface area (Å²) in [6.45, 7) is 0. The molecular formula is C21H25N3O4. The monoisotopic (exact) mass is 383 g/mol. The Bertz CT molecular complexity index is 886. The minimum Gasteiger partial charge on any atom is -0.493 e. The molecule has 0 N–H and O–H groups in total. The maximum atomic E-state index is 13.1. The molecule has 1 saturated heterocycles. The summed E-state index contributed by atoms with van der Waals surface area (Å²) < 4.78 is 16.3. The molecule has 148 valence electrons. The summed E-state index contributed by atoms with van der Waals surface area (Å²) in [7, 11) is 4.78. The Morgan fingerprint density at radius 2 is 1.96 bits per heavy atom. The van der Waals surface area contributed by atoms with Gasteiger partial charge in [-0.15, -0.1) is 0 Å². The summed E-state index contributed by atoms with van der Waals surface area (Å²) in [5, 5.41) is 0. The van der Waals surface area contributed by atoms with Gasteiger partial charge in [0.25, 0.3) is 0 Å². The molecule has 1 amide bonds. The van der Waals surface area contributed by atoms with E-state index in [9.17, 15) is 4.79 Å². The lowest BCUT2D eigenvalue weighted by atomic mass is 9.98. The van der Waals surface area contributed by atoms with Crippen LogP contribution < -0.4 is 14.2 Å². The molecule has 2 atom stereocenters. The van der Waals surface area contributed by atoms with Gasteiger partial charge >= 0.3 is 0 Å². The molecule has 2 unspecified atom stereocenters. The van der Waals surface area contributed by atoms with Crippen LogP contribution in [-0.4, -0.2) is 48.1 Å². The Hall–Kier alpha value is -2.83. The summed E-state index contributed by atoms with van der Waals surface area (Å²) in [5.41, 5.74) is 3.13. The van der Waals surface area contributed by atoms with E-state index < -0.39 is 0 Å². The van der Waals surface area contributed by atoms with Gasteiger partial charge in [0.1, 0.15) is 6.33 Å². The number of fused-ring (bicyclic) bond motifs is 4. The quantitative estimate of drug-likeness (QED) is 0.764. The molecule has 7 heteroatoms. The minimum atomic E-state index is 0.106. The SMILES string of the molecule is COc1ccc(CCC(=O)N2C3CCC2c2cncnc2C3)c(OC)c1OC. The summed E-state index contributed by atoms with van der Waals surface area (Å²) in [5.74, 6) is 1.95. The lowest BCUT2D eigenvalue weighted by molar-refractivity contribution is -0.134. The fourth-order valence-corrected chi connectivity index (χ4v) is 4.53. The van der Waals surface area contributed by atoms with Crippen LogP contribution in [0.25, 0.3) is 0 Å². The van der Waals surface area contributed by atoms with E-state index in [4.69, 9.17) is 14.2 Å². The van der Waals surface area contributed by atoms with Crippen molar-refractivity contribution < 1.29 is 19.0 Å². The second-order valence-electron chi connectivity index (χ2n) is 7.17. The molecule has 4 rings (SSSR count). The lowest BCUT2D eigenvalue weighted by Gasteiger charge is -2.35. The van der Waals surface area contributed by atoms with Gasteiger partial charge in [0.05, 0.1) is 33.1 Å². The maximum absolute atomic E-state index is 13.1. The second-order valence-corrected chi connectivity index (χ2v) is 7.17. The number of aromatic nitrogens is 2. The van der Waals surface area contributed by atoms with Crippen LogP contribution in [0.4, 0.5) is 0 Å². The average Bonchev–Trinajstić information content (AvgIpc) is 3.05. The molecular weight excluding hydrogens is 358 g/mol. The zero-order chi connectivity index (χ0) is 19.7. The van der Waals surface area contributed by atoms with Crippen molar-refractivity contribution in [3.63, 3.8) is 0 Å². The first-order chi connectivity index (χ1) is 13.7. The molecule has 0 radical (unpaired) electrons. The number of carbonyl (C=O) groups excluding carboxylic acids is 1. The van der Waals surface area contributed by atoms with Crippen molar-refractivity contribution >= 4 is 5.91 Å². The summed E-state index contributed by atoms with van der Waals surface area (Å²) in [6.07, 6.45) is 7.28. The number of carbonyl (C=O) groups is 1. The highest BCUT2D eigenvalue weighted by Gasteiger charge is 2.42. The first kappa shape index (κ1) is 18.5. The maximum Gasteiger partial charge on any atom is 0.223 e. The van der Waals surface area contributed by atoms with E-state index in [0.29, 0.717) is 30.1 Å². The van der Waals surface area contributed by atoms with Crippen molar-refractivity contribution in [2.24, 2.45) is 0 Å². The highest BCUT2D eigenvalue weighted by Crippen LogP contribution is 2.44. The molecule has 2 aromatic rings. The molecule has 1 aromatic carbocycles. The number of methoxy groups -OCH3 is 3. The Morgan fingerprint density at radius 3 is 2.71 bits per heavy atom. The van der Waals surface area contributed by atoms with Gasteiger partial charge < -0.3 is 19.1 Å². The number of benzene rings is 1. The van der Waals surface area contributed by atoms with Crippen molar-refractivity contribution in [3.8, 4) is 17.2 Å². The standard InChI is InChI=1S/C21H25N3O4/c1-26-18-8-4-13(20(27-2)21(18)28-3)5-9-19(25)24-14-6-7-17(24)15-11-22-12-23-16(15)10-14/h4,8,11-12,14,17H,5-7,9-10H2,1-3H3. The van der Waals surface area contributed by atoms with Crippen LogP contribution in [0, 0.1) is 0 Å². The van der Waals surface area contributed by atoms with Gasteiger partial charge in [-0.05, 0) is 30.9 Å². The van der Waals surface area contributed by atoms with E-state index in [1.54, 1.807) is 27.7 Å². The third-order valence-corrected chi connectivity index (χ3v) is 5.80. The molecule has 0 aliphatic carbocycles. The van der Waals surface area contributed by atoms with Gasteiger partial charge in [0.15, 0.2) is 11.5 Å². The molecule has 0 saturated carbocycles. The molecule has 1 fully saturated rings. The van der Waals surface area contributed by atoms with Crippen LogP contribution in [0.1, 0.15) is 42.1 Å². The third kappa shape index (κ3) is 3.04. The van der Waals surface area contributed by atoms with Crippen LogP contribution in [0.15, 0.2) is 24.7 Å². The van der Waals surface area contributed by atoms with Crippen molar-refractivity contribution in [3.05, 3.63) is 41.5 Å². The van der Waals surface area contributed by atoms with Gasteiger partial charge in [0, 0.05) is 30.6 Å². The molecule has 2 aliphatic heterocycles. The number of hydrogen-bond donors (Lipinski definition) is 0. The Balaban J connectivity index is 1.52. The van der Waals surface area contributed by atoms with Crippen molar-refractivity contribution in [1.29, 1.82) is 0 Å². The van der Waals surface area contributed by atoms with E-state index >= 15 is 0 Å². The van der Waals surface area contributed by atoms with Gasteiger partial charge in [-0.2, -0.15) is 0 Å². The van der Waals surface area contributed by atoms with Crippen molar-refractivity contribution in [1.82, 2.24) is 14.9 Å². The predicted octanol–water partition coefficient (Wildman–Crippen LogP) is 2.72. The third-order valence-electron chi connectivity index (χ3n) is 5.80. The molecule has 1 aromatic heterocycles. The summed E-state index contributed by atoms with van der Waals surface area (Å²) in [4.78, 5) is 23.7. The topological polar surface area (TPSA) is 73.8 Å². The number of ether oxygens (including phenoxy) is 3. The predicted molar refractivity (Wildman–Crippen MR) is 103 cm³/mol. The van der Waals surface area contributed by atoms with Gasteiger partial charge in [-0.3, -0.25) is 4.79 Å². The number of nitrogens with zero attached hydrogens (tertiary/aromatic N) is 3. The number of hydrogen-bond acceptors (Lipinski definition) is 6. The van der Waals surface area contributed by atoms with Crippen LogP contribution in [0.2, 0.25) is 0 Å². The lowest BCUT2D eigenvalue weighted by Crippen LogP contribution is -2.42. The largest absolute Gasteiger partial charge is 0.493 e. The van der Waals surface area contributed by atoms with Crippen molar-refractivity contribution in [2.75, 3.05) is 21.3 Å². The Morgan fingerprint density at radius 1 is 1.14 bits per heavy atom. The molecule has 2 bridgehead atoms. The highest BCUT2D eigenvalue weighted by atomic mass is 16.5. The summed E-state index contributed by atoms with van der Waals surface area (Å²) >= 11 is 0.